The molecule has 1 unspecified atom stereocenters. The van der Waals surface area contributed by atoms with E-state index in [1.54, 1.807) is 24.3 Å². The van der Waals surface area contributed by atoms with Gasteiger partial charge in [0.05, 0.1) is 4.90 Å². The van der Waals surface area contributed by atoms with Crippen molar-refractivity contribution in [2.45, 2.75) is 43.2 Å². The Kier molecular flexibility index (Phi) is 5.72. The number of hydrogen-bond donors (Lipinski definition) is 1. The van der Waals surface area contributed by atoms with Gasteiger partial charge >= 0.3 is 0 Å². The number of aryl methyl sites for hydroxylation is 1. The Morgan fingerprint density at radius 1 is 1.19 bits per heavy atom. The fourth-order valence-corrected chi connectivity index (χ4v) is 4.06. The zero-order chi connectivity index (χ0) is 19.6. The van der Waals surface area contributed by atoms with Crippen LogP contribution >= 0.6 is 15.9 Å². The highest BCUT2D eigenvalue weighted by molar-refractivity contribution is 9.10. The van der Waals surface area contributed by atoms with Crippen molar-refractivity contribution in [1.29, 1.82) is 0 Å². The number of aromatic nitrogens is 1. The molecule has 142 valence electrons. The molecule has 1 N–H and O–H groups in total. The van der Waals surface area contributed by atoms with Crippen LogP contribution in [0.15, 0.2) is 67.3 Å². The zero-order valence-corrected chi connectivity index (χ0v) is 17.8. The summed E-state index contributed by atoms with van der Waals surface area (Å²) in [6.45, 7) is 5.94. The minimum atomic E-state index is -3.83. The molecular weight excluding hydrogens is 428 g/mol. The summed E-state index contributed by atoms with van der Waals surface area (Å²) < 4.78 is 33.0. The zero-order valence-electron chi connectivity index (χ0n) is 15.4. The van der Waals surface area contributed by atoms with Crippen LogP contribution < -0.4 is 5.32 Å². The van der Waals surface area contributed by atoms with Gasteiger partial charge in [-0.25, -0.2) is 8.42 Å². The van der Waals surface area contributed by atoms with Gasteiger partial charge in [0.2, 0.25) is 26.6 Å². The molecular formula is C20H21BrN2O3S. The Labute approximate surface area is 167 Å². The molecule has 0 aliphatic rings. The summed E-state index contributed by atoms with van der Waals surface area (Å²) in [7, 11) is -3.83. The summed E-state index contributed by atoms with van der Waals surface area (Å²) >= 11 is 3.33. The van der Waals surface area contributed by atoms with Crippen LogP contribution in [-0.4, -0.2) is 19.4 Å². The lowest BCUT2D eigenvalue weighted by molar-refractivity contribution is 0.566. The molecule has 27 heavy (non-hydrogen) atoms. The van der Waals surface area contributed by atoms with E-state index in [2.05, 4.69) is 26.2 Å². The molecule has 3 rings (SSSR count). The Hall–Kier alpha value is -2.12. The van der Waals surface area contributed by atoms with E-state index in [0.29, 0.717) is 0 Å². The predicted octanol–water partition coefficient (Wildman–Crippen LogP) is 5.46. The number of anilines is 1. The van der Waals surface area contributed by atoms with Crippen molar-refractivity contribution in [3.63, 3.8) is 0 Å². The molecule has 0 saturated heterocycles. The molecule has 0 amide bonds. The SMILES string of the molecule is CCC(C)Nc1oc(-c2cccc(C)c2)nc1S(=O)(=O)c1ccc(Br)cc1. The quantitative estimate of drug-likeness (QED) is 0.542. The predicted molar refractivity (Wildman–Crippen MR) is 110 cm³/mol. The molecule has 1 atom stereocenters. The van der Waals surface area contributed by atoms with Crippen LogP contribution in [-0.2, 0) is 9.84 Å². The average Bonchev–Trinajstić information content (AvgIpc) is 3.06. The molecule has 3 aromatic rings. The van der Waals surface area contributed by atoms with Crippen LogP contribution in [0.4, 0.5) is 5.88 Å². The van der Waals surface area contributed by atoms with Crippen molar-refractivity contribution in [3.05, 3.63) is 58.6 Å². The van der Waals surface area contributed by atoms with Gasteiger partial charge in [0, 0.05) is 16.1 Å². The normalized spacial score (nSPS) is 12.7. The third-order valence-corrected chi connectivity index (χ3v) is 6.44. The summed E-state index contributed by atoms with van der Waals surface area (Å²) in [5.41, 5.74) is 1.78. The van der Waals surface area contributed by atoms with Gasteiger partial charge in [-0.3, -0.25) is 0 Å². The van der Waals surface area contributed by atoms with Crippen LogP contribution in [0.5, 0.6) is 0 Å². The number of hydrogen-bond acceptors (Lipinski definition) is 5. The number of rotatable bonds is 6. The monoisotopic (exact) mass is 448 g/mol. The molecule has 0 radical (unpaired) electrons. The van der Waals surface area contributed by atoms with Crippen molar-refractivity contribution in [3.8, 4) is 11.5 Å². The van der Waals surface area contributed by atoms with Gasteiger partial charge in [-0.1, -0.05) is 40.5 Å². The Balaban J connectivity index is 2.13. The van der Waals surface area contributed by atoms with E-state index < -0.39 is 9.84 Å². The highest BCUT2D eigenvalue weighted by Crippen LogP contribution is 2.33. The number of nitrogens with one attached hydrogen (secondary N) is 1. The lowest BCUT2D eigenvalue weighted by atomic mass is 10.1. The summed E-state index contributed by atoms with van der Waals surface area (Å²) in [5, 5.41) is 3.04. The summed E-state index contributed by atoms with van der Waals surface area (Å²) in [5.74, 6) is 0.448. The Morgan fingerprint density at radius 3 is 2.52 bits per heavy atom. The molecule has 7 heteroatoms. The number of nitrogens with zero attached hydrogens (tertiary/aromatic N) is 1. The third kappa shape index (κ3) is 4.25. The Morgan fingerprint density at radius 2 is 1.89 bits per heavy atom. The fourth-order valence-electron chi connectivity index (χ4n) is 2.53. The van der Waals surface area contributed by atoms with Gasteiger partial charge in [-0.2, -0.15) is 4.98 Å². The molecule has 0 spiro atoms. The van der Waals surface area contributed by atoms with E-state index in [4.69, 9.17) is 4.42 Å². The molecule has 0 aliphatic heterocycles. The lowest BCUT2D eigenvalue weighted by Gasteiger charge is -2.11. The standard InChI is InChI=1S/C20H21BrN2O3S/c1-4-14(3)22-19-20(27(24,25)17-10-8-16(21)9-11-17)23-18(26-19)15-7-5-6-13(2)12-15/h5-12,14,22H,4H2,1-3H3. The van der Waals surface area contributed by atoms with Crippen molar-refractivity contribution in [2.75, 3.05) is 5.32 Å². The first-order chi connectivity index (χ1) is 12.8. The second-order valence-corrected chi connectivity index (χ2v) is 9.21. The first-order valence-corrected chi connectivity index (χ1v) is 10.9. The number of oxazole rings is 1. The highest BCUT2D eigenvalue weighted by Gasteiger charge is 2.29. The largest absolute Gasteiger partial charge is 0.419 e. The molecule has 1 heterocycles. The van der Waals surface area contributed by atoms with Gasteiger partial charge in [0.1, 0.15) is 0 Å². The molecule has 2 aromatic carbocycles. The van der Waals surface area contributed by atoms with Crippen LogP contribution in [0, 0.1) is 6.92 Å². The fraction of sp³-hybridized carbons (Fsp3) is 0.250. The van der Waals surface area contributed by atoms with Gasteiger partial charge in [0.25, 0.3) is 0 Å². The first-order valence-electron chi connectivity index (χ1n) is 8.66. The van der Waals surface area contributed by atoms with Crippen LogP contribution in [0.1, 0.15) is 25.8 Å². The summed E-state index contributed by atoms with van der Waals surface area (Å²) in [6, 6.07) is 14.1. The molecule has 5 nitrogen and oxygen atoms in total. The van der Waals surface area contributed by atoms with E-state index >= 15 is 0 Å². The van der Waals surface area contributed by atoms with Crippen LogP contribution in [0.3, 0.4) is 0 Å². The van der Waals surface area contributed by atoms with Crippen LogP contribution in [0.2, 0.25) is 0 Å². The van der Waals surface area contributed by atoms with Gasteiger partial charge in [-0.05, 0) is 56.7 Å². The summed E-state index contributed by atoms with van der Waals surface area (Å²) in [4.78, 5) is 4.52. The maximum Gasteiger partial charge on any atom is 0.234 e. The highest BCUT2D eigenvalue weighted by atomic mass is 79.9. The number of benzene rings is 2. The van der Waals surface area contributed by atoms with Crippen molar-refractivity contribution < 1.29 is 12.8 Å². The molecule has 0 bridgehead atoms. The van der Waals surface area contributed by atoms with Crippen LogP contribution in [0.25, 0.3) is 11.5 Å². The second-order valence-electron chi connectivity index (χ2n) is 6.43. The van der Waals surface area contributed by atoms with E-state index in [1.165, 1.54) is 0 Å². The average molecular weight is 449 g/mol. The summed E-state index contributed by atoms with van der Waals surface area (Å²) in [6.07, 6.45) is 0.818. The van der Waals surface area contributed by atoms with Gasteiger partial charge < -0.3 is 9.73 Å². The minimum Gasteiger partial charge on any atom is -0.419 e. The molecule has 0 aliphatic carbocycles. The second kappa shape index (κ2) is 7.86. The maximum atomic E-state index is 13.2. The number of halogens is 1. The Bertz CT molecular complexity index is 1040. The minimum absolute atomic E-state index is 0.0437. The van der Waals surface area contributed by atoms with E-state index in [9.17, 15) is 8.42 Å². The maximum absolute atomic E-state index is 13.2. The van der Waals surface area contributed by atoms with Gasteiger partial charge in [0.15, 0.2) is 0 Å². The smallest absolute Gasteiger partial charge is 0.234 e. The number of sulfone groups is 1. The van der Waals surface area contributed by atoms with Crippen molar-refractivity contribution >= 4 is 31.7 Å². The molecule has 1 aromatic heterocycles. The topological polar surface area (TPSA) is 72.2 Å². The van der Waals surface area contributed by atoms with E-state index in [1.807, 2.05) is 45.0 Å². The molecule has 0 saturated carbocycles. The van der Waals surface area contributed by atoms with Crippen molar-refractivity contribution in [2.24, 2.45) is 0 Å². The molecule has 0 fully saturated rings. The van der Waals surface area contributed by atoms with Gasteiger partial charge in [-0.15, -0.1) is 0 Å². The van der Waals surface area contributed by atoms with E-state index in [0.717, 1.165) is 22.0 Å². The lowest BCUT2D eigenvalue weighted by Crippen LogP contribution is -2.15. The first kappa shape index (κ1) is 19.6. The van der Waals surface area contributed by atoms with E-state index in [-0.39, 0.29) is 27.7 Å². The van der Waals surface area contributed by atoms with Crippen molar-refractivity contribution in [1.82, 2.24) is 4.98 Å². The third-order valence-electron chi connectivity index (χ3n) is 4.23.